The third-order valence-electron chi connectivity index (χ3n) is 3.90. The smallest absolute Gasteiger partial charge is 0.330 e. The van der Waals surface area contributed by atoms with Gasteiger partial charge < -0.3 is 9.64 Å². The minimum atomic E-state index is -0.503. The van der Waals surface area contributed by atoms with Gasteiger partial charge in [-0.2, -0.15) is 0 Å². The maximum Gasteiger partial charge on any atom is 0.330 e. The summed E-state index contributed by atoms with van der Waals surface area (Å²) >= 11 is 0. The van der Waals surface area contributed by atoms with Gasteiger partial charge in [-0.25, -0.2) is 4.79 Å². The lowest BCUT2D eigenvalue weighted by Crippen LogP contribution is -2.25. The minimum Gasteiger partial charge on any atom is -0.454 e. The van der Waals surface area contributed by atoms with Crippen molar-refractivity contribution in [3.8, 4) is 0 Å². The van der Waals surface area contributed by atoms with Gasteiger partial charge in [-0.3, -0.25) is 4.79 Å². The number of hydrogen-bond donors (Lipinski definition) is 0. The molecule has 4 nitrogen and oxygen atoms in total. The third kappa shape index (κ3) is 2.96. The van der Waals surface area contributed by atoms with Gasteiger partial charge in [0.2, 0.25) is 0 Å². The molecule has 1 heterocycles. The van der Waals surface area contributed by atoms with Gasteiger partial charge in [-0.1, -0.05) is 38.1 Å². The molecule has 0 unspecified atom stereocenters. The second kappa shape index (κ2) is 6.18. The molecule has 0 saturated heterocycles. The number of benzene rings is 1. The third-order valence-corrected chi connectivity index (χ3v) is 3.90. The van der Waals surface area contributed by atoms with E-state index in [1.54, 1.807) is 19.1 Å². The SMILES string of the molecule is C/C=C/C(=O)OCC(=O)/C=C1/N(C)c2ccccc2C1(C)C. The van der Waals surface area contributed by atoms with Gasteiger partial charge in [0.05, 0.1) is 0 Å². The fraction of sp³-hybridized carbons (Fsp3) is 0.333. The molecule has 0 spiro atoms. The molecule has 2 rings (SSSR count). The van der Waals surface area contributed by atoms with E-state index in [9.17, 15) is 9.59 Å². The van der Waals surface area contributed by atoms with E-state index in [1.165, 1.54) is 11.6 Å². The first-order valence-corrected chi connectivity index (χ1v) is 7.25. The van der Waals surface area contributed by atoms with Crippen LogP contribution in [0, 0.1) is 0 Å². The summed E-state index contributed by atoms with van der Waals surface area (Å²) in [6.07, 6.45) is 4.45. The average molecular weight is 299 g/mol. The highest BCUT2D eigenvalue weighted by molar-refractivity contribution is 5.95. The molecule has 0 aromatic heterocycles. The Morgan fingerprint density at radius 2 is 1.95 bits per heavy atom. The molecular formula is C18H21NO3. The number of ketones is 1. The lowest BCUT2D eigenvalue weighted by Gasteiger charge is -2.23. The summed E-state index contributed by atoms with van der Waals surface area (Å²) in [4.78, 5) is 25.4. The highest BCUT2D eigenvalue weighted by Crippen LogP contribution is 2.46. The minimum absolute atomic E-state index is 0.222. The van der Waals surface area contributed by atoms with Crippen LogP contribution in [0.1, 0.15) is 26.3 Å². The van der Waals surface area contributed by atoms with Crippen LogP contribution in [-0.2, 0) is 19.7 Å². The molecule has 0 aliphatic carbocycles. The summed E-state index contributed by atoms with van der Waals surface area (Å²) in [6, 6.07) is 8.09. The van der Waals surface area contributed by atoms with Crippen molar-refractivity contribution in [2.75, 3.05) is 18.6 Å². The van der Waals surface area contributed by atoms with Gasteiger partial charge in [0.25, 0.3) is 0 Å². The number of esters is 1. The van der Waals surface area contributed by atoms with E-state index in [4.69, 9.17) is 4.74 Å². The quantitative estimate of drug-likeness (QED) is 0.633. The Morgan fingerprint density at radius 1 is 1.27 bits per heavy atom. The molecule has 1 aromatic carbocycles. The number of likely N-dealkylation sites (N-methyl/N-ethyl adjacent to an activating group) is 1. The number of allylic oxidation sites excluding steroid dienone is 2. The van der Waals surface area contributed by atoms with Crippen LogP contribution in [0.5, 0.6) is 0 Å². The van der Waals surface area contributed by atoms with E-state index >= 15 is 0 Å². The lowest BCUT2D eigenvalue weighted by molar-refractivity contribution is -0.141. The van der Waals surface area contributed by atoms with Crippen LogP contribution < -0.4 is 4.90 Å². The number of fused-ring (bicyclic) bond motifs is 1. The molecular weight excluding hydrogens is 278 g/mol. The van der Waals surface area contributed by atoms with Gasteiger partial charge in [-0.05, 0) is 18.6 Å². The topological polar surface area (TPSA) is 46.6 Å². The number of carbonyl (C=O) groups is 2. The van der Waals surface area contributed by atoms with Crippen LogP contribution in [0.15, 0.2) is 48.2 Å². The second-order valence-corrected chi connectivity index (χ2v) is 5.80. The molecule has 4 heteroatoms. The van der Waals surface area contributed by atoms with Crippen LogP contribution in [-0.4, -0.2) is 25.4 Å². The Labute approximate surface area is 131 Å². The maximum absolute atomic E-state index is 12.1. The van der Waals surface area contributed by atoms with Gasteiger partial charge in [0, 0.05) is 36.0 Å². The van der Waals surface area contributed by atoms with Gasteiger partial charge in [0.1, 0.15) is 0 Å². The molecule has 0 radical (unpaired) electrons. The number of hydrogen-bond acceptors (Lipinski definition) is 4. The first kappa shape index (κ1) is 16.0. The molecule has 0 amide bonds. The molecule has 0 N–H and O–H groups in total. The van der Waals surface area contributed by atoms with E-state index in [2.05, 4.69) is 19.9 Å². The van der Waals surface area contributed by atoms with Crippen molar-refractivity contribution in [3.63, 3.8) is 0 Å². The Bertz CT molecular complexity index is 656. The summed E-state index contributed by atoms with van der Waals surface area (Å²) in [5, 5.41) is 0. The molecule has 0 bridgehead atoms. The number of ether oxygens (including phenoxy) is 1. The average Bonchev–Trinajstić information content (AvgIpc) is 2.67. The molecule has 0 saturated carbocycles. The Morgan fingerprint density at radius 3 is 2.59 bits per heavy atom. The molecule has 0 atom stereocenters. The predicted octanol–water partition coefficient (Wildman–Crippen LogP) is 2.99. The Hall–Kier alpha value is -2.36. The molecule has 1 aliphatic rings. The van der Waals surface area contributed by atoms with Crippen molar-refractivity contribution in [2.24, 2.45) is 0 Å². The number of para-hydroxylation sites is 1. The normalized spacial score (nSPS) is 17.8. The molecule has 0 fully saturated rings. The fourth-order valence-corrected chi connectivity index (χ4v) is 2.78. The van der Waals surface area contributed by atoms with Crippen molar-refractivity contribution in [3.05, 3.63) is 53.8 Å². The summed E-state index contributed by atoms with van der Waals surface area (Å²) in [6.45, 7) is 5.64. The summed E-state index contributed by atoms with van der Waals surface area (Å²) in [7, 11) is 1.94. The van der Waals surface area contributed by atoms with Crippen molar-refractivity contribution >= 4 is 17.4 Å². The standard InChI is InChI=1S/C18H21NO3/c1-5-8-17(21)22-12-13(20)11-16-18(2,3)14-9-6-7-10-15(14)19(16)4/h5-11H,12H2,1-4H3/b8-5+,16-11+. The molecule has 1 aromatic rings. The van der Waals surface area contributed by atoms with Crippen molar-refractivity contribution in [1.82, 2.24) is 0 Å². The predicted molar refractivity (Wildman–Crippen MR) is 86.7 cm³/mol. The monoisotopic (exact) mass is 299 g/mol. The van der Waals surface area contributed by atoms with Crippen LogP contribution in [0.25, 0.3) is 0 Å². The van der Waals surface area contributed by atoms with Gasteiger partial charge in [0.15, 0.2) is 12.4 Å². The largest absolute Gasteiger partial charge is 0.454 e. The van der Waals surface area contributed by atoms with E-state index in [-0.39, 0.29) is 17.8 Å². The molecule has 1 aliphatic heterocycles. The van der Waals surface area contributed by atoms with Crippen molar-refractivity contribution in [2.45, 2.75) is 26.2 Å². The zero-order chi connectivity index (χ0) is 16.3. The number of nitrogens with zero attached hydrogens (tertiary/aromatic N) is 1. The van der Waals surface area contributed by atoms with Crippen LogP contribution in [0.2, 0.25) is 0 Å². The Kier molecular flexibility index (Phi) is 4.50. The van der Waals surface area contributed by atoms with E-state index < -0.39 is 5.97 Å². The zero-order valence-corrected chi connectivity index (χ0v) is 13.4. The van der Waals surface area contributed by atoms with Crippen LogP contribution in [0.4, 0.5) is 5.69 Å². The van der Waals surface area contributed by atoms with Crippen LogP contribution in [0.3, 0.4) is 0 Å². The number of anilines is 1. The van der Waals surface area contributed by atoms with Gasteiger partial charge in [-0.15, -0.1) is 0 Å². The number of rotatable bonds is 4. The summed E-state index contributed by atoms with van der Waals surface area (Å²) < 4.78 is 4.90. The molecule has 116 valence electrons. The second-order valence-electron chi connectivity index (χ2n) is 5.80. The van der Waals surface area contributed by atoms with E-state index in [0.29, 0.717) is 0 Å². The lowest BCUT2D eigenvalue weighted by atomic mass is 9.83. The first-order chi connectivity index (χ1) is 10.4. The highest BCUT2D eigenvalue weighted by Gasteiger charge is 2.38. The van der Waals surface area contributed by atoms with E-state index in [0.717, 1.165) is 11.4 Å². The zero-order valence-electron chi connectivity index (χ0n) is 13.4. The highest BCUT2D eigenvalue weighted by atomic mass is 16.5. The van der Waals surface area contributed by atoms with Crippen LogP contribution >= 0.6 is 0 Å². The maximum atomic E-state index is 12.1. The van der Waals surface area contributed by atoms with Crippen molar-refractivity contribution < 1.29 is 14.3 Å². The van der Waals surface area contributed by atoms with Gasteiger partial charge >= 0.3 is 5.97 Å². The fourth-order valence-electron chi connectivity index (χ4n) is 2.78. The summed E-state index contributed by atoms with van der Waals surface area (Å²) in [5.74, 6) is -0.725. The Balaban J connectivity index is 2.19. The van der Waals surface area contributed by atoms with E-state index in [1.807, 2.05) is 30.1 Å². The number of carbonyl (C=O) groups excluding carboxylic acids is 2. The van der Waals surface area contributed by atoms with Crippen molar-refractivity contribution in [1.29, 1.82) is 0 Å². The first-order valence-electron chi connectivity index (χ1n) is 7.25. The summed E-state index contributed by atoms with van der Waals surface area (Å²) in [5.41, 5.74) is 2.93. The molecule has 22 heavy (non-hydrogen) atoms.